The standard InChI is InChI=1S/C13H14N2S/c1-15-9-13(14-10-15)8-12-4-2-11(3-5-12)6-7-16/h2-7,9-10,16H,8H2,1H3/b7-6+. The molecule has 1 aromatic heterocycles. The van der Waals surface area contributed by atoms with E-state index in [-0.39, 0.29) is 0 Å². The van der Waals surface area contributed by atoms with Gasteiger partial charge in [0.05, 0.1) is 12.0 Å². The van der Waals surface area contributed by atoms with Crippen LogP contribution >= 0.6 is 12.6 Å². The topological polar surface area (TPSA) is 17.8 Å². The first-order valence-corrected chi connectivity index (χ1v) is 5.66. The minimum absolute atomic E-state index is 0.881. The second-order valence-corrected chi connectivity index (χ2v) is 4.06. The zero-order valence-electron chi connectivity index (χ0n) is 9.17. The summed E-state index contributed by atoms with van der Waals surface area (Å²) in [6.07, 6.45) is 6.72. The van der Waals surface area contributed by atoms with Gasteiger partial charge < -0.3 is 4.57 Å². The monoisotopic (exact) mass is 230 g/mol. The Morgan fingerprint density at radius 1 is 1.31 bits per heavy atom. The summed E-state index contributed by atoms with van der Waals surface area (Å²) in [6.45, 7) is 0. The molecule has 0 aliphatic rings. The maximum absolute atomic E-state index is 4.31. The predicted molar refractivity (Wildman–Crippen MR) is 70.5 cm³/mol. The van der Waals surface area contributed by atoms with Crippen LogP contribution in [0, 0.1) is 0 Å². The van der Waals surface area contributed by atoms with Crippen LogP contribution in [0.25, 0.3) is 6.08 Å². The normalized spacial score (nSPS) is 11.1. The summed E-state index contributed by atoms with van der Waals surface area (Å²) in [5.74, 6) is 0. The zero-order chi connectivity index (χ0) is 11.4. The van der Waals surface area contributed by atoms with Crippen LogP contribution in [0.5, 0.6) is 0 Å². The van der Waals surface area contributed by atoms with Gasteiger partial charge >= 0.3 is 0 Å². The highest BCUT2D eigenvalue weighted by molar-refractivity contribution is 7.83. The molecule has 2 nitrogen and oxygen atoms in total. The number of benzene rings is 1. The van der Waals surface area contributed by atoms with Gasteiger partial charge in [0.15, 0.2) is 0 Å². The van der Waals surface area contributed by atoms with E-state index in [0.717, 1.165) is 12.1 Å². The second-order valence-electron chi connectivity index (χ2n) is 3.76. The molecule has 0 fully saturated rings. The van der Waals surface area contributed by atoms with Gasteiger partial charge in [0.1, 0.15) is 0 Å². The third kappa shape index (κ3) is 2.76. The predicted octanol–water partition coefficient (Wildman–Crippen LogP) is 2.91. The highest BCUT2D eigenvalue weighted by Crippen LogP contribution is 2.10. The lowest BCUT2D eigenvalue weighted by molar-refractivity contribution is 0.912. The minimum Gasteiger partial charge on any atom is -0.340 e. The third-order valence-electron chi connectivity index (χ3n) is 2.39. The van der Waals surface area contributed by atoms with Crippen molar-refractivity contribution < 1.29 is 0 Å². The zero-order valence-corrected chi connectivity index (χ0v) is 10.1. The summed E-state index contributed by atoms with van der Waals surface area (Å²) in [5.41, 5.74) is 3.54. The molecule has 82 valence electrons. The highest BCUT2D eigenvalue weighted by Gasteiger charge is 1.98. The highest BCUT2D eigenvalue weighted by atomic mass is 32.1. The molecule has 0 atom stereocenters. The molecule has 0 saturated carbocycles. The minimum atomic E-state index is 0.881. The molecule has 0 radical (unpaired) electrons. The molecule has 0 N–H and O–H groups in total. The van der Waals surface area contributed by atoms with Crippen LogP contribution in [0.15, 0.2) is 42.2 Å². The maximum Gasteiger partial charge on any atom is 0.0946 e. The van der Waals surface area contributed by atoms with Crippen molar-refractivity contribution in [2.75, 3.05) is 0 Å². The lowest BCUT2D eigenvalue weighted by Crippen LogP contribution is -1.88. The first-order valence-electron chi connectivity index (χ1n) is 5.14. The number of hydrogen-bond acceptors (Lipinski definition) is 2. The Morgan fingerprint density at radius 3 is 2.62 bits per heavy atom. The van der Waals surface area contributed by atoms with E-state index < -0.39 is 0 Å². The fourth-order valence-corrected chi connectivity index (χ4v) is 1.77. The molecule has 0 unspecified atom stereocenters. The van der Waals surface area contributed by atoms with E-state index in [1.54, 1.807) is 5.41 Å². The molecule has 3 heteroatoms. The van der Waals surface area contributed by atoms with Crippen molar-refractivity contribution in [2.45, 2.75) is 6.42 Å². The van der Waals surface area contributed by atoms with Gasteiger partial charge in [0.2, 0.25) is 0 Å². The van der Waals surface area contributed by atoms with E-state index in [1.807, 2.05) is 30.2 Å². The van der Waals surface area contributed by atoms with Crippen LogP contribution in [0.3, 0.4) is 0 Å². The smallest absolute Gasteiger partial charge is 0.0946 e. The van der Waals surface area contributed by atoms with Crippen molar-refractivity contribution in [3.63, 3.8) is 0 Å². The van der Waals surface area contributed by atoms with Crippen LogP contribution in [0.4, 0.5) is 0 Å². The van der Waals surface area contributed by atoms with Crippen molar-refractivity contribution in [3.05, 3.63) is 59.0 Å². The average molecular weight is 230 g/mol. The van der Waals surface area contributed by atoms with Gasteiger partial charge in [-0.15, -0.1) is 0 Å². The molecule has 0 aliphatic carbocycles. The Morgan fingerprint density at radius 2 is 2.06 bits per heavy atom. The van der Waals surface area contributed by atoms with E-state index in [4.69, 9.17) is 0 Å². The molecular formula is C13H14N2S. The molecule has 0 amide bonds. The summed E-state index contributed by atoms with van der Waals surface area (Å²) in [7, 11) is 1.98. The molecule has 1 aromatic carbocycles. The Hall–Kier alpha value is -1.48. The van der Waals surface area contributed by atoms with Gasteiger partial charge in [-0.3, -0.25) is 0 Å². The summed E-state index contributed by atoms with van der Waals surface area (Å²) in [6, 6.07) is 8.42. The van der Waals surface area contributed by atoms with Gasteiger partial charge in [-0.2, -0.15) is 12.6 Å². The van der Waals surface area contributed by atoms with Gasteiger partial charge in [-0.05, 0) is 22.6 Å². The number of hydrogen-bond donors (Lipinski definition) is 1. The van der Waals surface area contributed by atoms with Crippen molar-refractivity contribution in [1.82, 2.24) is 9.55 Å². The second kappa shape index (κ2) is 5.03. The van der Waals surface area contributed by atoms with Crippen LogP contribution < -0.4 is 0 Å². The van der Waals surface area contributed by atoms with E-state index in [2.05, 4.69) is 41.9 Å². The Balaban J connectivity index is 2.10. The van der Waals surface area contributed by atoms with Gasteiger partial charge in [-0.1, -0.05) is 24.3 Å². The van der Waals surface area contributed by atoms with Crippen molar-refractivity contribution in [1.29, 1.82) is 0 Å². The Kier molecular flexibility index (Phi) is 3.47. The molecule has 0 spiro atoms. The average Bonchev–Trinajstić information content (AvgIpc) is 2.67. The first kappa shape index (κ1) is 11.0. The summed E-state index contributed by atoms with van der Waals surface area (Å²) in [4.78, 5) is 4.31. The molecule has 16 heavy (non-hydrogen) atoms. The van der Waals surface area contributed by atoms with Crippen LogP contribution in [-0.2, 0) is 13.5 Å². The Labute approximate surface area is 101 Å². The lowest BCUT2D eigenvalue weighted by Gasteiger charge is -1.99. The molecule has 2 rings (SSSR count). The largest absolute Gasteiger partial charge is 0.340 e. The van der Waals surface area contributed by atoms with Gasteiger partial charge in [0, 0.05) is 19.7 Å². The number of aryl methyl sites for hydroxylation is 1. The quantitative estimate of drug-likeness (QED) is 0.803. The molecule has 0 saturated heterocycles. The number of rotatable bonds is 3. The Bertz CT molecular complexity index is 483. The number of aromatic nitrogens is 2. The van der Waals surface area contributed by atoms with E-state index >= 15 is 0 Å². The van der Waals surface area contributed by atoms with Gasteiger partial charge in [-0.25, -0.2) is 4.98 Å². The van der Waals surface area contributed by atoms with Crippen LogP contribution in [0.2, 0.25) is 0 Å². The fourth-order valence-electron chi connectivity index (χ4n) is 1.60. The van der Waals surface area contributed by atoms with Crippen molar-refractivity contribution in [2.24, 2.45) is 7.05 Å². The molecule has 0 aliphatic heterocycles. The molecule has 2 aromatic rings. The lowest BCUT2D eigenvalue weighted by atomic mass is 10.1. The number of thiol groups is 1. The first-order chi connectivity index (χ1) is 7.78. The van der Waals surface area contributed by atoms with Crippen LogP contribution in [0.1, 0.15) is 16.8 Å². The third-order valence-corrected chi connectivity index (χ3v) is 2.54. The number of nitrogens with zero attached hydrogens (tertiary/aromatic N) is 2. The van der Waals surface area contributed by atoms with Crippen molar-refractivity contribution in [3.8, 4) is 0 Å². The fraction of sp³-hybridized carbons (Fsp3) is 0.154. The molecular weight excluding hydrogens is 216 g/mol. The maximum atomic E-state index is 4.31. The van der Waals surface area contributed by atoms with Crippen LogP contribution in [-0.4, -0.2) is 9.55 Å². The summed E-state index contributed by atoms with van der Waals surface area (Å²) >= 11 is 4.05. The van der Waals surface area contributed by atoms with Crippen molar-refractivity contribution >= 4 is 18.7 Å². The number of imidazole rings is 1. The molecule has 0 bridgehead atoms. The van der Waals surface area contributed by atoms with Gasteiger partial charge in [0.25, 0.3) is 0 Å². The summed E-state index contributed by atoms with van der Waals surface area (Å²) in [5, 5.41) is 1.74. The molecule has 1 heterocycles. The van der Waals surface area contributed by atoms with E-state index in [0.29, 0.717) is 0 Å². The summed E-state index contributed by atoms with van der Waals surface area (Å²) < 4.78 is 1.97. The van der Waals surface area contributed by atoms with E-state index in [9.17, 15) is 0 Å². The SMILES string of the molecule is Cn1cnc(Cc2ccc(/C=C/S)cc2)c1. The van der Waals surface area contributed by atoms with E-state index in [1.165, 1.54) is 11.1 Å².